The number of aliphatic imine (C=N–C) groups is 1. The number of ether oxygens (including phenoxy) is 1. The molecule has 1 aromatic heterocycles. The summed E-state index contributed by atoms with van der Waals surface area (Å²) in [5.74, 6) is 0.374. The van der Waals surface area contributed by atoms with Crippen LogP contribution in [0.15, 0.2) is 64.5 Å². The molecule has 3 aromatic rings. The molecule has 0 N–H and O–H groups in total. The van der Waals surface area contributed by atoms with E-state index in [0.29, 0.717) is 10.1 Å². The van der Waals surface area contributed by atoms with E-state index in [1.807, 2.05) is 35.2 Å². The molecule has 5 rings (SSSR count). The van der Waals surface area contributed by atoms with Gasteiger partial charge < -0.3 is 9.30 Å². The number of aromatic nitrogens is 1. The summed E-state index contributed by atoms with van der Waals surface area (Å²) in [5, 5.41) is 0.562. The van der Waals surface area contributed by atoms with Gasteiger partial charge in [0.2, 0.25) is 0 Å². The summed E-state index contributed by atoms with van der Waals surface area (Å²) in [7, 11) is 1.65. The molecule has 1 aliphatic heterocycles. The van der Waals surface area contributed by atoms with E-state index >= 15 is 0 Å². The van der Waals surface area contributed by atoms with Crippen LogP contribution in [0.1, 0.15) is 49.1 Å². The van der Waals surface area contributed by atoms with E-state index < -0.39 is 0 Å². The first-order valence-electron chi connectivity index (χ1n) is 12.4. The Morgan fingerprint density at radius 3 is 2.47 bits per heavy atom. The van der Waals surface area contributed by atoms with Gasteiger partial charge in [-0.1, -0.05) is 31.4 Å². The van der Waals surface area contributed by atoms with Crippen molar-refractivity contribution in [2.45, 2.75) is 52.0 Å². The third-order valence-electron chi connectivity index (χ3n) is 6.93. The minimum atomic E-state index is -0.387. The zero-order valence-electron chi connectivity index (χ0n) is 20.8. The van der Waals surface area contributed by atoms with Crippen LogP contribution in [0.3, 0.4) is 0 Å². The van der Waals surface area contributed by atoms with Gasteiger partial charge in [-0.25, -0.2) is 9.38 Å². The third-order valence-corrected chi connectivity index (χ3v) is 7.92. The number of thioether (sulfide) groups is 1. The van der Waals surface area contributed by atoms with E-state index in [1.165, 1.54) is 24.2 Å². The van der Waals surface area contributed by atoms with Gasteiger partial charge >= 0.3 is 0 Å². The molecule has 0 radical (unpaired) electrons. The van der Waals surface area contributed by atoms with E-state index in [-0.39, 0.29) is 23.5 Å². The minimum Gasteiger partial charge on any atom is -0.497 e. The SMILES string of the molecule is COc1ccc(-n2c(C)cc(/C=C3\SC(=Nc4ccccc4F)N(C4CCCCC4)C3=O)c2C)cc1. The molecule has 1 aliphatic carbocycles. The van der Waals surface area contributed by atoms with Crippen molar-refractivity contribution >= 4 is 34.6 Å². The van der Waals surface area contributed by atoms with Gasteiger partial charge in [-0.05, 0) is 92.6 Å². The van der Waals surface area contributed by atoms with Crippen LogP contribution in [0.2, 0.25) is 0 Å². The molecular formula is C29H30FN3O2S. The number of amidine groups is 1. The van der Waals surface area contributed by atoms with Gasteiger partial charge in [0.1, 0.15) is 17.3 Å². The van der Waals surface area contributed by atoms with Crippen LogP contribution in [0.4, 0.5) is 10.1 Å². The van der Waals surface area contributed by atoms with Crippen molar-refractivity contribution in [3.8, 4) is 11.4 Å². The highest BCUT2D eigenvalue weighted by Gasteiger charge is 2.39. The molecule has 186 valence electrons. The Hall–Kier alpha value is -3.32. The summed E-state index contributed by atoms with van der Waals surface area (Å²) in [6.45, 7) is 4.11. The molecule has 5 nitrogen and oxygen atoms in total. The monoisotopic (exact) mass is 503 g/mol. The Kier molecular flexibility index (Phi) is 7.01. The Bertz CT molecular complexity index is 1340. The lowest BCUT2D eigenvalue weighted by Crippen LogP contribution is -2.40. The van der Waals surface area contributed by atoms with E-state index in [0.717, 1.165) is 54.1 Å². The lowest BCUT2D eigenvalue weighted by molar-refractivity contribution is -0.124. The molecule has 0 bridgehead atoms. The number of hydrogen-bond acceptors (Lipinski definition) is 4. The summed E-state index contributed by atoms with van der Waals surface area (Å²) < 4.78 is 21.9. The fourth-order valence-electron chi connectivity index (χ4n) is 5.07. The quantitative estimate of drug-likeness (QED) is 0.347. The molecule has 2 heterocycles. The average Bonchev–Trinajstić information content (AvgIpc) is 3.35. The second-order valence-electron chi connectivity index (χ2n) is 9.28. The summed E-state index contributed by atoms with van der Waals surface area (Å²) in [5.41, 5.74) is 4.39. The highest BCUT2D eigenvalue weighted by atomic mass is 32.2. The molecule has 2 aliphatic rings. The summed E-state index contributed by atoms with van der Waals surface area (Å²) in [4.78, 5) is 20.7. The Morgan fingerprint density at radius 2 is 1.78 bits per heavy atom. The summed E-state index contributed by atoms with van der Waals surface area (Å²) in [6.07, 6.45) is 7.21. The lowest BCUT2D eigenvalue weighted by Gasteiger charge is -2.30. The molecule has 1 saturated carbocycles. The number of carbonyl (C=O) groups excluding carboxylic acids is 1. The van der Waals surface area contributed by atoms with Crippen LogP contribution in [0.5, 0.6) is 5.75 Å². The molecular weight excluding hydrogens is 473 g/mol. The van der Waals surface area contributed by atoms with Gasteiger partial charge in [-0.15, -0.1) is 0 Å². The predicted molar refractivity (Wildman–Crippen MR) is 145 cm³/mol. The first-order valence-corrected chi connectivity index (χ1v) is 13.2. The molecule has 0 unspecified atom stereocenters. The highest BCUT2D eigenvalue weighted by molar-refractivity contribution is 8.18. The molecule has 2 fully saturated rings. The Balaban J connectivity index is 1.52. The second-order valence-corrected chi connectivity index (χ2v) is 10.3. The number of rotatable bonds is 5. The molecule has 1 saturated heterocycles. The normalized spacial score (nSPS) is 19.0. The smallest absolute Gasteiger partial charge is 0.267 e. The standard InChI is InChI=1S/C29H30FN3O2S/c1-19-17-21(20(2)32(19)23-13-15-24(35-3)16-14-23)18-27-28(34)33(22-9-5-4-6-10-22)29(36-27)31-26-12-8-7-11-25(26)30/h7-8,11-18,22H,4-6,9-10H2,1-3H3/b27-18-,31-29?. The van der Waals surface area contributed by atoms with E-state index in [1.54, 1.807) is 25.3 Å². The topological polar surface area (TPSA) is 46.8 Å². The fourth-order valence-corrected chi connectivity index (χ4v) is 6.12. The number of hydrogen-bond donors (Lipinski definition) is 0. The van der Waals surface area contributed by atoms with Crippen molar-refractivity contribution in [1.82, 2.24) is 9.47 Å². The number of amides is 1. The minimum absolute atomic E-state index is 0.0451. The predicted octanol–water partition coefficient (Wildman–Crippen LogP) is 7.18. The third kappa shape index (κ3) is 4.72. The van der Waals surface area contributed by atoms with Gasteiger partial charge in [-0.3, -0.25) is 9.69 Å². The van der Waals surface area contributed by atoms with Crippen molar-refractivity contribution in [1.29, 1.82) is 0 Å². The number of aryl methyl sites for hydroxylation is 1. The van der Waals surface area contributed by atoms with Crippen molar-refractivity contribution in [2.24, 2.45) is 4.99 Å². The van der Waals surface area contributed by atoms with Crippen molar-refractivity contribution < 1.29 is 13.9 Å². The second kappa shape index (κ2) is 10.3. The number of carbonyl (C=O) groups is 1. The van der Waals surface area contributed by atoms with E-state index in [9.17, 15) is 9.18 Å². The van der Waals surface area contributed by atoms with Gasteiger partial charge in [0.05, 0.1) is 12.0 Å². The Labute approximate surface area is 215 Å². The maximum Gasteiger partial charge on any atom is 0.267 e. The molecule has 0 atom stereocenters. The molecule has 36 heavy (non-hydrogen) atoms. The molecule has 2 aromatic carbocycles. The van der Waals surface area contributed by atoms with Crippen LogP contribution < -0.4 is 4.74 Å². The van der Waals surface area contributed by atoms with Gasteiger partial charge in [0, 0.05) is 23.1 Å². The highest BCUT2D eigenvalue weighted by Crippen LogP contribution is 2.39. The number of methoxy groups -OCH3 is 1. The summed E-state index contributed by atoms with van der Waals surface area (Å²) in [6, 6.07) is 16.6. The number of halogens is 1. The average molecular weight is 504 g/mol. The van der Waals surface area contributed by atoms with Gasteiger partial charge in [-0.2, -0.15) is 0 Å². The number of nitrogens with zero attached hydrogens (tertiary/aromatic N) is 3. The van der Waals surface area contributed by atoms with Gasteiger partial charge in [0.25, 0.3) is 5.91 Å². The van der Waals surface area contributed by atoms with Crippen molar-refractivity contribution in [3.05, 3.63) is 82.3 Å². The van der Waals surface area contributed by atoms with Crippen molar-refractivity contribution in [3.63, 3.8) is 0 Å². The zero-order valence-corrected chi connectivity index (χ0v) is 21.6. The zero-order chi connectivity index (χ0) is 25.2. The van der Waals surface area contributed by atoms with Crippen LogP contribution in [-0.4, -0.2) is 33.7 Å². The lowest BCUT2D eigenvalue weighted by atomic mass is 9.94. The van der Waals surface area contributed by atoms with E-state index in [2.05, 4.69) is 29.5 Å². The fraction of sp³-hybridized carbons (Fsp3) is 0.310. The van der Waals surface area contributed by atoms with Crippen LogP contribution in [-0.2, 0) is 4.79 Å². The van der Waals surface area contributed by atoms with Gasteiger partial charge in [0.15, 0.2) is 5.17 Å². The number of benzene rings is 2. The first kappa shape index (κ1) is 24.4. The first-order chi connectivity index (χ1) is 17.5. The maximum atomic E-state index is 14.4. The maximum absolute atomic E-state index is 14.4. The largest absolute Gasteiger partial charge is 0.497 e. The molecule has 7 heteroatoms. The molecule has 1 amide bonds. The summed E-state index contributed by atoms with van der Waals surface area (Å²) >= 11 is 1.34. The number of para-hydroxylation sites is 1. The van der Waals surface area contributed by atoms with Crippen LogP contribution >= 0.6 is 11.8 Å². The Morgan fingerprint density at radius 1 is 1.06 bits per heavy atom. The van der Waals surface area contributed by atoms with Crippen molar-refractivity contribution in [2.75, 3.05) is 7.11 Å². The molecule has 0 spiro atoms. The van der Waals surface area contributed by atoms with E-state index in [4.69, 9.17) is 4.74 Å². The van der Waals surface area contributed by atoms with Crippen LogP contribution in [0.25, 0.3) is 11.8 Å². The van der Waals surface area contributed by atoms with Crippen LogP contribution in [0, 0.1) is 19.7 Å².